The van der Waals surface area contributed by atoms with Gasteiger partial charge in [0, 0.05) is 12.1 Å². The zero-order valence-corrected chi connectivity index (χ0v) is 11.9. The minimum atomic E-state index is -0.521. The van der Waals surface area contributed by atoms with Gasteiger partial charge in [0.1, 0.15) is 11.6 Å². The van der Waals surface area contributed by atoms with Crippen molar-refractivity contribution in [1.29, 1.82) is 0 Å². The fourth-order valence-electron chi connectivity index (χ4n) is 2.23. The summed E-state index contributed by atoms with van der Waals surface area (Å²) in [4.78, 5) is 0. The molecule has 0 aliphatic heterocycles. The van der Waals surface area contributed by atoms with E-state index in [1.54, 1.807) is 11.3 Å². The predicted molar refractivity (Wildman–Crippen MR) is 75.5 cm³/mol. The molecule has 1 heterocycles. The molecule has 1 atom stereocenters. The van der Waals surface area contributed by atoms with Crippen molar-refractivity contribution in [2.24, 2.45) is 0 Å². The van der Waals surface area contributed by atoms with Gasteiger partial charge in [0.2, 0.25) is 0 Å². The van der Waals surface area contributed by atoms with Gasteiger partial charge >= 0.3 is 0 Å². The van der Waals surface area contributed by atoms with Gasteiger partial charge in [-0.25, -0.2) is 8.78 Å². The van der Waals surface area contributed by atoms with Gasteiger partial charge in [0.15, 0.2) is 0 Å². The molecule has 1 unspecified atom stereocenters. The van der Waals surface area contributed by atoms with Crippen LogP contribution in [0.4, 0.5) is 8.78 Å². The molecule has 0 saturated carbocycles. The second-order valence-corrected chi connectivity index (χ2v) is 5.35. The average molecular weight is 281 g/mol. The number of aryl methyl sites for hydroxylation is 1. The van der Waals surface area contributed by atoms with E-state index < -0.39 is 11.6 Å². The molecule has 1 aromatic heterocycles. The minimum Gasteiger partial charge on any atom is -0.310 e. The first-order valence-electron chi connectivity index (χ1n) is 6.31. The molecule has 0 spiro atoms. The first-order valence-corrected chi connectivity index (χ1v) is 7.25. The minimum absolute atomic E-state index is 0.0949. The Labute approximate surface area is 116 Å². The molecular formula is C15H17F2NS. The molecule has 1 nitrogen and oxygen atoms in total. The van der Waals surface area contributed by atoms with Crippen molar-refractivity contribution >= 4 is 11.3 Å². The van der Waals surface area contributed by atoms with E-state index in [0.717, 1.165) is 12.6 Å². The third-order valence-corrected chi connectivity index (χ3v) is 3.96. The van der Waals surface area contributed by atoms with Crippen molar-refractivity contribution in [2.45, 2.75) is 26.3 Å². The fourth-order valence-corrected chi connectivity index (χ4v) is 3.14. The highest BCUT2D eigenvalue weighted by Crippen LogP contribution is 2.25. The SMILES string of the molecule is CCNC(Cc1cc(F)cc(F)c1)c1cscc1C. The van der Waals surface area contributed by atoms with Crippen molar-refractivity contribution < 1.29 is 8.78 Å². The maximum atomic E-state index is 13.2. The average Bonchev–Trinajstić information content (AvgIpc) is 2.73. The van der Waals surface area contributed by atoms with Crippen LogP contribution in [0.15, 0.2) is 29.0 Å². The number of hydrogen-bond acceptors (Lipinski definition) is 2. The number of thiophene rings is 1. The van der Waals surface area contributed by atoms with Crippen molar-refractivity contribution in [3.63, 3.8) is 0 Å². The van der Waals surface area contributed by atoms with Crippen LogP contribution >= 0.6 is 11.3 Å². The fraction of sp³-hybridized carbons (Fsp3) is 0.333. The highest BCUT2D eigenvalue weighted by Gasteiger charge is 2.15. The van der Waals surface area contributed by atoms with Gasteiger partial charge in [-0.1, -0.05) is 6.92 Å². The zero-order valence-electron chi connectivity index (χ0n) is 11.0. The summed E-state index contributed by atoms with van der Waals surface area (Å²) >= 11 is 1.65. The van der Waals surface area contributed by atoms with Gasteiger partial charge in [0.05, 0.1) is 0 Å². The third-order valence-electron chi connectivity index (χ3n) is 3.08. The van der Waals surface area contributed by atoms with E-state index in [9.17, 15) is 8.78 Å². The lowest BCUT2D eigenvalue weighted by molar-refractivity contribution is 0.538. The highest BCUT2D eigenvalue weighted by molar-refractivity contribution is 7.08. The lowest BCUT2D eigenvalue weighted by Crippen LogP contribution is -2.23. The number of hydrogen-bond donors (Lipinski definition) is 1. The van der Waals surface area contributed by atoms with E-state index in [1.807, 2.05) is 6.92 Å². The molecule has 0 saturated heterocycles. The predicted octanol–water partition coefficient (Wildman–Crippen LogP) is 4.23. The summed E-state index contributed by atoms with van der Waals surface area (Å²) < 4.78 is 26.5. The Morgan fingerprint density at radius 2 is 1.84 bits per heavy atom. The Balaban J connectivity index is 2.23. The van der Waals surface area contributed by atoms with Crippen LogP contribution in [-0.4, -0.2) is 6.54 Å². The third kappa shape index (κ3) is 3.61. The number of rotatable bonds is 5. The van der Waals surface area contributed by atoms with Crippen molar-refractivity contribution in [3.05, 3.63) is 57.3 Å². The maximum absolute atomic E-state index is 13.2. The first kappa shape index (κ1) is 14.2. The van der Waals surface area contributed by atoms with Crippen LogP contribution in [0.3, 0.4) is 0 Å². The van der Waals surface area contributed by atoms with Crippen molar-refractivity contribution in [1.82, 2.24) is 5.32 Å². The van der Waals surface area contributed by atoms with E-state index in [-0.39, 0.29) is 6.04 Å². The van der Waals surface area contributed by atoms with Crippen LogP contribution < -0.4 is 5.32 Å². The molecular weight excluding hydrogens is 264 g/mol. The van der Waals surface area contributed by atoms with E-state index >= 15 is 0 Å². The Morgan fingerprint density at radius 1 is 1.16 bits per heavy atom. The Bertz CT molecular complexity index is 531. The summed E-state index contributed by atoms with van der Waals surface area (Å²) in [5.74, 6) is -1.04. The topological polar surface area (TPSA) is 12.0 Å². The van der Waals surface area contributed by atoms with Gasteiger partial charge in [-0.05, 0) is 59.5 Å². The largest absolute Gasteiger partial charge is 0.310 e. The summed E-state index contributed by atoms with van der Waals surface area (Å²) in [5.41, 5.74) is 3.10. The summed E-state index contributed by atoms with van der Waals surface area (Å²) in [7, 11) is 0. The van der Waals surface area contributed by atoms with Crippen LogP contribution in [-0.2, 0) is 6.42 Å². The van der Waals surface area contributed by atoms with E-state index in [1.165, 1.54) is 23.3 Å². The van der Waals surface area contributed by atoms with Crippen LogP contribution in [0.2, 0.25) is 0 Å². The second kappa shape index (κ2) is 6.26. The Kier molecular flexibility index (Phi) is 4.66. The van der Waals surface area contributed by atoms with E-state index in [2.05, 4.69) is 23.0 Å². The molecule has 0 bridgehead atoms. The number of halogens is 2. The molecule has 0 aliphatic rings. The molecule has 102 valence electrons. The van der Waals surface area contributed by atoms with Crippen LogP contribution in [0.25, 0.3) is 0 Å². The molecule has 1 N–H and O–H groups in total. The first-order chi connectivity index (χ1) is 9.10. The molecule has 0 aliphatic carbocycles. The Morgan fingerprint density at radius 3 is 2.37 bits per heavy atom. The van der Waals surface area contributed by atoms with Crippen LogP contribution in [0, 0.1) is 18.6 Å². The molecule has 1 aromatic carbocycles. The summed E-state index contributed by atoms with van der Waals surface area (Å²) in [6.07, 6.45) is 0.583. The Hall–Kier alpha value is -1.26. The molecule has 4 heteroatoms. The molecule has 0 amide bonds. The van der Waals surface area contributed by atoms with Gasteiger partial charge in [-0.2, -0.15) is 11.3 Å². The summed E-state index contributed by atoms with van der Waals surface area (Å²) in [5, 5.41) is 7.56. The number of benzene rings is 1. The smallest absolute Gasteiger partial charge is 0.126 e. The highest BCUT2D eigenvalue weighted by atomic mass is 32.1. The van der Waals surface area contributed by atoms with Gasteiger partial charge in [-0.3, -0.25) is 0 Å². The van der Waals surface area contributed by atoms with Crippen LogP contribution in [0.5, 0.6) is 0 Å². The van der Waals surface area contributed by atoms with Gasteiger partial charge in [-0.15, -0.1) is 0 Å². The quantitative estimate of drug-likeness (QED) is 0.865. The summed E-state index contributed by atoms with van der Waals surface area (Å²) in [6, 6.07) is 3.80. The lowest BCUT2D eigenvalue weighted by atomic mass is 9.98. The van der Waals surface area contributed by atoms with E-state index in [0.29, 0.717) is 12.0 Å². The summed E-state index contributed by atoms with van der Waals surface area (Å²) in [6.45, 7) is 4.90. The molecule has 2 aromatic rings. The van der Waals surface area contributed by atoms with Crippen molar-refractivity contribution in [2.75, 3.05) is 6.54 Å². The molecule has 0 fully saturated rings. The van der Waals surface area contributed by atoms with Gasteiger partial charge in [0.25, 0.3) is 0 Å². The monoisotopic (exact) mass is 281 g/mol. The zero-order chi connectivity index (χ0) is 13.8. The van der Waals surface area contributed by atoms with Gasteiger partial charge < -0.3 is 5.32 Å². The van der Waals surface area contributed by atoms with Crippen molar-refractivity contribution in [3.8, 4) is 0 Å². The lowest BCUT2D eigenvalue weighted by Gasteiger charge is -2.18. The maximum Gasteiger partial charge on any atom is 0.126 e. The molecule has 19 heavy (non-hydrogen) atoms. The standard InChI is InChI=1S/C15H17F2NS/c1-3-18-15(14-9-19-8-10(14)2)6-11-4-12(16)7-13(17)5-11/h4-5,7-9,15,18H,3,6H2,1-2H3. The number of nitrogens with one attached hydrogen (secondary N) is 1. The van der Waals surface area contributed by atoms with Crippen LogP contribution in [0.1, 0.15) is 29.7 Å². The molecule has 0 radical (unpaired) electrons. The molecule has 2 rings (SSSR count). The number of likely N-dealkylation sites (N-methyl/N-ethyl adjacent to an activating group) is 1. The normalized spacial score (nSPS) is 12.6. The second-order valence-electron chi connectivity index (χ2n) is 4.60. The van der Waals surface area contributed by atoms with E-state index in [4.69, 9.17) is 0 Å².